The average Bonchev–Trinajstić information content (AvgIpc) is 2.71. The third kappa shape index (κ3) is 5.67. The highest BCUT2D eigenvalue weighted by atomic mass is 16.2. The highest BCUT2D eigenvalue weighted by molar-refractivity contribution is 5.96. The summed E-state index contributed by atoms with van der Waals surface area (Å²) in [6.45, 7) is 6.60. The van der Waals surface area contributed by atoms with Crippen molar-refractivity contribution in [2.75, 3.05) is 25.0 Å². The lowest BCUT2D eigenvalue weighted by molar-refractivity contribution is -0.117. The number of hydrogen-bond donors (Lipinski definition) is 2. The minimum absolute atomic E-state index is 0.00976. The lowest BCUT2D eigenvalue weighted by Gasteiger charge is -2.29. The summed E-state index contributed by atoms with van der Waals surface area (Å²) in [4.78, 5) is 26.9. The first-order valence-electron chi connectivity index (χ1n) is 9.99. The van der Waals surface area contributed by atoms with E-state index in [9.17, 15) is 9.59 Å². The van der Waals surface area contributed by atoms with E-state index in [2.05, 4.69) is 22.5 Å². The summed E-state index contributed by atoms with van der Waals surface area (Å²) in [6.07, 6.45) is 2.30. The zero-order chi connectivity index (χ0) is 19.9. The van der Waals surface area contributed by atoms with E-state index in [1.165, 1.54) is 0 Å². The molecule has 0 saturated carbocycles. The van der Waals surface area contributed by atoms with Crippen LogP contribution in [-0.2, 0) is 4.79 Å². The van der Waals surface area contributed by atoms with Gasteiger partial charge in [0.05, 0.1) is 12.6 Å². The van der Waals surface area contributed by atoms with Crippen molar-refractivity contribution in [2.24, 2.45) is 5.92 Å². The van der Waals surface area contributed by atoms with Crippen molar-refractivity contribution < 1.29 is 9.59 Å². The predicted octanol–water partition coefficient (Wildman–Crippen LogP) is 3.85. The molecule has 2 N–H and O–H groups in total. The Bertz CT molecular complexity index is 781. The fourth-order valence-corrected chi connectivity index (χ4v) is 3.43. The van der Waals surface area contributed by atoms with Gasteiger partial charge in [-0.25, -0.2) is 0 Å². The summed E-state index contributed by atoms with van der Waals surface area (Å²) in [6, 6.07) is 16.8. The number of anilines is 1. The summed E-state index contributed by atoms with van der Waals surface area (Å²) < 4.78 is 0. The number of piperidine rings is 1. The highest BCUT2D eigenvalue weighted by Gasteiger charge is 2.18. The van der Waals surface area contributed by atoms with Gasteiger partial charge in [0.2, 0.25) is 5.91 Å². The van der Waals surface area contributed by atoms with E-state index in [1.54, 1.807) is 24.3 Å². The third-order valence-electron chi connectivity index (χ3n) is 5.32. The zero-order valence-corrected chi connectivity index (χ0v) is 16.7. The van der Waals surface area contributed by atoms with Crippen molar-refractivity contribution in [1.29, 1.82) is 0 Å². The predicted molar refractivity (Wildman–Crippen MR) is 112 cm³/mol. The van der Waals surface area contributed by atoms with Gasteiger partial charge in [-0.1, -0.05) is 37.3 Å². The number of benzene rings is 2. The molecule has 0 spiro atoms. The summed E-state index contributed by atoms with van der Waals surface area (Å²) in [5, 5.41) is 5.92. The smallest absolute Gasteiger partial charge is 0.251 e. The van der Waals surface area contributed by atoms with Crippen molar-refractivity contribution in [3.05, 3.63) is 65.7 Å². The molecule has 0 aromatic heterocycles. The molecular weight excluding hydrogens is 350 g/mol. The molecule has 0 bridgehead atoms. The quantitative estimate of drug-likeness (QED) is 0.801. The van der Waals surface area contributed by atoms with Crippen molar-refractivity contribution >= 4 is 17.5 Å². The SMILES string of the molecule is CC1CCN(CC(=O)Nc2ccc(C(=O)NC(C)c3ccccc3)cc2)CC1. The second kappa shape index (κ2) is 9.51. The minimum Gasteiger partial charge on any atom is -0.346 e. The fraction of sp³-hybridized carbons (Fsp3) is 0.391. The zero-order valence-electron chi connectivity index (χ0n) is 16.7. The molecule has 1 heterocycles. The molecule has 148 valence electrons. The molecule has 1 fully saturated rings. The fourth-order valence-electron chi connectivity index (χ4n) is 3.43. The Hall–Kier alpha value is -2.66. The van der Waals surface area contributed by atoms with Gasteiger partial charge in [0.15, 0.2) is 0 Å². The van der Waals surface area contributed by atoms with Crippen LogP contribution in [-0.4, -0.2) is 36.3 Å². The van der Waals surface area contributed by atoms with Gasteiger partial charge in [-0.05, 0) is 68.6 Å². The molecule has 2 aromatic rings. The Morgan fingerprint density at radius 1 is 1.04 bits per heavy atom. The van der Waals surface area contributed by atoms with Crippen LogP contribution in [0.1, 0.15) is 48.7 Å². The number of carbonyl (C=O) groups excluding carboxylic acids is 2. The van der Waals surface area contributed by atoms with E-state index < -0.39 is 0 Å². The molecule has 3 rings (SSSR count). The van der Waals surface area contributed by atoms with Crippen LogP contribution in [0, 0.1) is 5.92 Å². The normalized spacial score (nSPS) is 16.4. The molecule has 1 aliphatic rings. The molecule has 1 saturated heterocycles. The number of carbonyl (C=O) groups is 2. The molecule has 1 aliphatic heterocycles. The first-order valence-corrected chi connectivity index (χ1v) is 9.99. The van der Waals surface area contributed by atoms with Crippen molar-refractivity contribution in [2.45, 2.75) is 32.7 Å². The van der Waals surface area contributed by atoms with Crippen LogP contribution >= 0.6 is 0 Å². The molecule has 28 heavy (non-hydrogen) atoms. The standard InChI is InChI=1S/C23H29N3O2/c1-17-12-14-26(15-13-17)16-22(27)25-21-10-8-20(9-11-21)23(28)24-18(2)19-6-4-3-5-7-19/h3-11,17-18H,12-16H2,1-2H3,(H,24,28)(H,25,27). The molecule has 2 aromatic carbocycles. The molecule has 5 heteroatoms. The summed E-state index contributed by atoms with van der Waals surface area (Å²) in [5.41, 5.74) is 2.35. The minimum atomic E-state index is -0.128. The lowest BCUT2D eigenvalue weighted by atomic mass is 9.99. The molecule has 1 atom stereocenters. The molecule has 0 aliphatic carbocycles. The third-order valence-corrected chi connectivity index (χ3v) is 5.32. The second-order valence-electron chi connectivity index (χ2n) is 7.69. The maximum absolute atomic E-state index is 12.4. The van der Waals surface area contributed by atoms with Gasteiger partial charge in [-0.3, -0.25) is 14.5 Å². The van der Waals surface area contributed by atoms with E-state index in [0.29, 0.717) is 17.8 Å². The number of rotatable bonds is 6. The number of amides is 2. The van der Waals surface area contributed by atoms with Crippen LogP contribution in [0.15, 0.2) is 54.6 Å². The lowest BCUT2D eigenvalue weighted by Crippen LogP contribution is -2.38. The first kappa shape index (κ1) is 20.1. The van der Waals surface area contributed by atoms with Crippen LogP contribution in [0.25, 0.3) is 0 Å². The summed E-state index contributed by atoms with van der Waals surface area (Å²) in [7, 11) is 0. The Morgan fingerprint density at radius 3 is 2.32 bits per heavy atom. The van der Waals surface area contributed by atoms with Gasteiger partial charge in [-0.15, -0.1) is 0 Å². The molecular formula is C23H29N3O2. The summed E-state index contributed by atoms with van der Waals surface area (Å²) in [5.74, 6) is 0.615. The van der Waals surface area contributed by atoms with E-state index in [-0.39, 0.29) is 17.9 Å². The van der Waals surface area contributed by atoms with Gasteiger partial charge in [-0.2, -0.15) is 0 Å². The van der Waals surface area contributed by atoms with Crippen molar-refractivity contribution in [3.8, 4) is 0 Å². The van der Waals surface area contributed by atoms with Crippen LogP contribution in [0.4, 0.5) is 5.69 Å². The molecule has 1 unspecified atom stereocenters. The van der Waals surface area contributed by atoms with Gasteiger partial charge in [0.1, 0.15) is 0 Å². The van der Waals surface area contributed by atoms with Gasteiger partial charge in [0.25, 0.3) is 5.91 Å². The number of hydrogen-bond acceptors (Lipinski definition) is 3. The van der Waals surface area contributed by atoms with E-state index >= 15 is 0 Å². The maximum Gasteiger partial charge on any atom is 0.251 e. The number of nitrogens with one attached hydrogen (secondary N) is 2. The topological polar surface area (TPSA) is 61.4 Å². The molecule has 0 radical (unpaired) electrons. The molecule has 5 nitrogen and oxygen atoms in total. The van der Waals surface area contributed by atoms with Gasteiger partial charge in [0, 0.05) is 11.3 Å². The van der Waals surface area contributed by atoms with Crippen LogP contribution in [0.5, 0.6) is 0 Å². The Balaban J connectivity index is 1.50. The first-order chi connectivity index (χ1) is 13.5. The number of nitrogens with zero attached hydrogens (tertiary/aromatic N) is 1. The summed E-state index contributed by atoms with van der Waals surface area (Å²) >= 11 is 0. The maximum atomic E-state index is 12.4. The average molecular weight is 380 g/mol. The Kier molecular flexibility index (Phi) is 6.82. The van der Waals surface area contributed by atoms with Crippen molar-refractivity contribution in [3.63, 3.8) is 0 Å². The molecule has 2 amide bonds. The van der Waals surface area contributed by atoms with E-state index in [0.717, 1.165) is 37.4 Å². The largest absolute Gasteiger partial charge is 0.346 e. The van der Waals surface area contributed by atoms with Gasteiger partial charge < -0.3 is 10.6 Å². The highest BCUT2D eigenvalue weighted by Crippen LogP contribution is 2.17. The second-order valence-corrected chi connectivity index (χ2v) is 7.69. The Labute approximate surface area is 167 Å². The van der Waals surface area contributed by atoms with Crippen LogP contribution < -0.4 is 10.6 Å². The van der Waals surface area contributed by atoms with Crippen LogP contribution in [0.2, 0.25) is 0 Å². The van der Waals surface area contributed by atoms with E-state index in [4.69, 9.17) is 0 Å². The van der Waals surface area contributed by atoms with E-state index in [1.807, 2.05) is 37.3 Å². The number of likely N-dealkylation sites (tertiary alicyclic amines) is 1. The monoisotopic (exact) mass is 379 g/mol. The Morgan fingerprint density at radius 2 is 1.68 bits per heavy atom. The van der Waals surface area contributed by atoms with Crippen LogP contribution in [0.3, 0.4) is 0 Å². The van der Waals surface area contributed by atoms with Gasteiger partial charge >= 0.3 is 0 Å². The van der Waals surface area contributed by atoms with Crippen molar-refractivity contribution in [1.82, 2.24) is 10.2 Å².